The zero-order valence-corrected chi connectivity index (χ0v) is 11.4. The first kappa shape index (κ1) is 14.3. The fourth-order valence-corrected chi connectivity index (χ4v) is 2.44. The Labute approximate surface area is 113 Å². The van der Waals surface area contributed by atoms with Crippen LogP contribution < -0.4 is 10.1 Å². The van der Waals surface area contributed by atoms with Crippen molar-refractivity contribution in [1.82, 2.24) is 5.32 Å². The van der Waals surface area contributed by atoms with Gasteiger partial charge in [-0.15, -0.1) is 0 Å². The molecule has 0 aliphatic heterocycles. The number of aliphatic hydroxyl groups excluding tert-OH is 1. The second kappa shape index (κ2) is 6.87. The van der Waals surface area contributed by atoms with Gasteiger partial charge in [-0.25, -0.2) is 4.39 Å². The van der Waals surface area contributed by atoms with E-state index in [1.54, 1.807) is 6.07 Å². The minimum atomic E-state index is -0.411. The summed E-state index contributed by atoms with van der Waals surface area (Å²) in [5, 5.41) is 13.1. The highest BCUT2D eigenvalue weighted by molar-refractivity contribution is 5.34. The summed E-state index contributed by atoms with van der Waals surface area (Å²) in [6.45, 7) is 3.40. The van der Waals surface area contributed by atoms with Gasteiger partial charge in [-0.1, -0.05) is 13.3 Å². The second-order valence-corrected chi connectivity index (χ2v) is 5.04. The molecule has 106 valence electrons. The fraction of sp³-hybridized carbons (Fsp3) is 0.600. The maximum atomic E-state index is 13.3. The van der Waals surface area contributed by atoms with Gasteiger partial charge in [-0.2, -0.15) is 0 Å². The van der Waals surface area contributed by atoms with Crippen LogP contribution in [0.5, 0.6) is 5.75 Å². The minimum absolute atomic E-state index is 0.167. The summed E-state index contributed by atoms with van der Waals surface area (Å²) in [4.78, 5) is 0. The molecule has 2 rings (SSSR count). The van der Waals surface area contributed by atoms with E-state index >= 15 is 0 Å². The normalized spacial score (nSPS) is 23.3. The monoisotopic (exact) mass is 267 g/mol. The zero-order valence-electron chi connectivity index (χ0n) is 11.4. The Morgan fingerprint density at radius 1 is 1.37 bits per heavy atom. The lowest BCUT2D eigenvalue weighted by molar-refractivity contribution is 0.00632. The van der Waals surface area contributed by atoms with Crippen LogP contribution in [0, 0.1) is 5.82 Å². The Morgan fingerprint density at radius 3 is 2.89 bits per heavy atom. The molecule has 1 saturated carbocycles. The highest BCUT2D eigenvalue weighted by Gasteiger charge is 2.25. The van der Waals surface area contributed by atoms with Gasteiger partial charge in [0.15, 0.2) is 0 Å². The average Bonchev–Trinajstić information content (AvgIpc) is 2.41. The third kappa shape index (κ3) is 3.91. The topological polar surface area (TPSA) is 41.5 Å². The Balaban J connectivity index is 2.09. The molecule has 2 N–H and O–H groups in total. The van der Waals surface area contributed by atoms with E-state index in [1.807, 2.05) is 6.92 Å². The van der Waals surface area contributed by atoms with E-state index in [4.69, 9.17) is 4.74 Å². The molecule has 4 heteroatoms. The SMILES string of the molecule is CCNCc1cc(F)ccc1OC1CCCCC1O. The Morgan fingerprint density at radius 2 is 2.16 bits per heavy atom. The maximum absolute atomic E-state index is 13.3. The third-order valence-electron chi connectivity index (χ3n) is 3.53. The van der Waals surface area contributed by atoms with E-state index < -0.39 is 6.10 Å². The number of hydrogen-bond acceptors (Lipinski definition) is 3. The van der Waals surface area contributed by atoms with Gasteiger partial charge in [0.25, 0.3) is 0 Å². The first-order valence-electron chi connectivity index (χ1n) is 7.04. The lowest BCUT2D eigenvalue weighted by atomic mass is 9.95. The molecule has 0 radical (unpaired) electrons. The van der Waals surface area contributed by atoms with Crippen molar-refractivity contribution in [2.75, 3.05) is 6.54 Å². The van der Waals surface area contributed by atoms with Gasteiger partial charge in [0.05, 0.1) is 6.10 Å². The second-order valence-electron chi connectivity index (χ2n) is 5.04. The van der Waals surface area contributed by atoms with E-state index in [9.17, 15) is 9.50 Å². The molecule has 19 heavy (non-hydrogen) atoms. The number of benzene rings is 1. The zero-order chi connectivity index (χ0) is 13.7. The third-order valence-corrected chi connectivity index (χ3v) is 3.53. The number of rotatable bonds is 5. The number of aliphatic hydroxyl groups is 1. The summed E-state index contributed by atoms with van der Waals surface area (Å²) in [6.07, 6.45) is 3.19. The van der Waals surface area contributed by atoms with Crippen LogP contribution in [-0.4, -0.2) is 23.9 Å². The summed E-state index contributed by atoms with van der Waals surface area (Å²) in [6, 6.07) is 4.55. The average molecular weight is 267 g/mol. The number of hydrogen-bond donors (Lipinski definition) is 2. The summed E-state index contributed by atoms with van der Waals surface area (Å²) in [7, 11) is 0. The quantitative estimate of drug-likeness (QED) is 0.861. The van der Waals surface area contributed by atoms with E-state index in [2.05, 4.69) is 5.32 Å². The molecule has 0 bridgehead atoms. The number of ether oxygens (including phenoxy) is 1. The van der Waals surface area contributed by atoms with E-state index in [0.29, 0.717) is 12.3 Å². The molecule has 2 atom stereocenters. The highest BCUT2D eigenvalue weighted by atomic mass is 19.1. The van der Waals surface area contributed by atoms with Crippen molar-refractivity contribution in [3.8, 4) is 5.75 Å². The fourth-order valence-electron chi connectivity index (χ4n) is 2.44. The number of nitrogens with one attached hydrogen (secondary N) is 1. The van der Waals surface area contributed by atoms with Gasteiger partial charge < -0.3 is 15.2 Å². The molecule has 2 unspecified atom stereocenters. The van der Waals surface area contributed by atoms with Crippen molar-refractivity contribution in [2.45, 2.75) is 51.4 Å². The molecular weight excluding hydrogens is 245 g/mol. The van der Waals surface area contributed by atoms with Crippen LogP contribution in [0.3, 0.4) is 0 Å². The van der Waals surface area contributed by atoms with Crippen LogP contribution in [0.2, 0.25) is 0 Å². The first-order chi connectivity index (χ1) is 9.20. The molecule has 0 spiro atoms. The van der Waals surface area contributed by atoms with E-state index in [0.717, 1.165) is 37.8 Å². The lowest BCUT2D eigenvalue weighted by Gasteiger charge is -2.29. The summed E-state index contributed by atoms with van der Waals surface area (Å²) in [5.74, 6) is 0.415. The first-order valence-corrected chi connectivity index (χ1v) is 7.04. The van der Waals surface area contributed by atoms with E-state index in [-0.39, 0.29) is 11.9 Å². The van der Waals surface area contributed by atoms with Crippen LogP contribution in [0.15, 0.2) is 18.2 Å². The smallest absolute Gasteiger partial charge is 0.124 e. The maximum Gasteiger partial charge on any atom is 0.124 e. The van der Waals surface area contributed by atoms with Crippen molar-refractivity contribution in [1.29, 1.82) is 0 Å². The molecule has 0 saturated heterocycles. The van der Waals surface area contributed by atoms with Crippen LogP contribution in [0.4, 0.5) is 4.39 Å². The van der Waals surface area contributed by atoms with Gasteiger partial charge in [-0.3, -0.25) is 0 Å². The largest absolute Gasteiger partial charge is 0.487 e. The molecule has 1 aliphatic carbocycles. The molecule has 0 heterocycles. The van der Waals surface area contributed by atoms with Crippen LogP contribution in [0.25, 0.3) is 0 Å². The molecule has 1 fully saturated rings. The molecular formula is C15H22FNO2. The lowest BCUT2D eigenvalue weighted by Crippen LogP contribution is -2.35. The van der Waals surface area contributed by atoms with Crippen molar-refractivity contribution in [3.63, 3.8) is 0 Å². The Bertz CT molecular complexity index is 411. The van der Waals surface area contributed by atoms with Crippen LogP contribution >= 0.6 is 0 Å². The minimum Gasteiger partial charge on any atom is -0.487 e. The van der Waals surface area contributed by atoms with Crippen LogP contribution in [0.1, 0.15) is 38.2 Å². The van der Waals surface area contributed by atoms with Gasteiger partial charge in [-0.05, 0) is 44.0 Å². The molecule has 3 nitrogen and oxygen atoms in total. The van der Waals surface area contributed by atoms with Crippen LogP contribution in [-0.2, 0) is 6.54 Å². The van der Waals surface area contributed by atoms with Crippen molar-refractivity contribution in [3.05, 3.63) is 29.6 Å². The number of halogens is 1. The predicted octanol–water partition coefficient (Wildman–Crippen LogP) is 2.62. The summed E-state index contributed by atoms with van der Waals surface area (Å²) in [5.41, 5.74) is 0.805. The van der Waals surface area contributed by atoms with Gasteiger partial charge >= 0.3 is 0 Å². The van der Waals surface area contributed by atoms with Crippen molar-refractivity contribution in [2.24, 2.45) is 0 Å². The predicted molar refractivity (Wildman–Crippen MR) is 72.7 cm³/mol. The summed E-state index contributed by atoms with van der Waals surface area (Å²) >= 11 is 0. The summed E-state index contributed by atoms with van der Waals surface area (Å²) < 4.78 is 19.2. The molecule has 1 aromatic rings. The molecule has 0 aromatic heterocycles. The highest BCUT2D eigenvalue weighted by Crippen LogP contribution is 2.27. The van der Waals surface area contributed by atoms with Gasteiger partial charge in [0, 0.05) is 12.1 Å². The van der Waals surface area contributed by atoms with Crippen molar-refractivity contribution < 1.29 is 14.2 Å². The van der Waals surface area contributed by atoms with Crippen molar-refractivity contribution >= 4 is 0 Å². The standard InChI is InChI=1S/C15H22FNO2/c1-2-17-10-11-9-12(16)7-8-14(11)19-15-6-4-3-5-13(15)18/h7-9,13,15,17-18H,2-6,10H2,1H3. The Kier molecular flexibility index (Phi) is 5.16. The Hall–Kier alpha value is -1.13. The molecule has 1 aliphatic rings. The van der Waals surface area contributed by atoms with Gasteiger partial charge in [0.2, 0.25) is 0 Å². The van der Waals surface area contributed by atoms with Gasteiger partial charge in [0.1, 0.15) is 17.7 Å². The van der Waals surface area contributed by atoms with E-state index in [1.165, 1.54) is 12.1 Å². The molecule has 0 amide bonds. The molecule has 1 aromatic carbocycles.